The first-order valence-electron chi connectivity index (χ1n) is 7.34. The Labute approximate surface area is 121 Å². The molecule has 116 valence electrons. The number of likely N-dealkylation sites (tertiary alicyclic amines) is 1. The van der Waals surface area contributed by atoms with Crippen LogP contribution in [0.15, 0.2) is 0 Å². The van der Waals surface area contributed by atoms with Crippen molar-refractivity contribution in [2.45, 2.75) is 26.2 Å². The van der Waals surface area contributed by atoms with Gasteiger partial charge in [-0.25, -0.2) is 4.79 Å². The molecule has 6 heteroatoms. The normalized spacial score (nSPS) is 20.6. The van der Waals surface area contributed by atoms with E-state index >= 15 is 0 Å². The maximum absolute atomic E-state index is 12.0. The number of amides is 2. The fourth-order valence-corrected chi connectivity index (χ4v) is 2.65. The van der Waals surface area contributed by atoms with E-state index in [0.29, 0.717) is 12.3 Å². The number of hydrogen-bond acceptors (Lipinski definition) is 3. The van der Waals surface area contributed by atoms with Crippen molar-refractivity contribution < 1.29 is 14.7 Å². The zero-order valence-corrected chi connectivity index (χ0v) is 12.8. The largest absolute Gasteiger partial charge is 0.481 e. The van der Waals surface area contributed by atoms with E-state index in [-0.39, 0.29) is 12.6 Å². The molecule has 1 aliphatic rings. The van der Waals surface area contributed by atoms with Gasteiger partial charge in [0, 0.05) is 26.7 Å². The van der Waals surface area contributed by atoms with E-state index in [9.17, 15) is 9.59 Å². The van der Waals surface area contributed by atoms with Crippen molar-refractivity contribution in [3.8, 4) is 0 Å². The number of hydrogen-bond donors (Lipinski definition) is 2. The van der Waals surface area contributed by atoms with Gasteiger partial charge in [0.05, 0.1) is 5.92 Å². The highest BCUT2D eigenvalue weighted by Gasteiger charge is 2.23. The second-order valence-corrected chi connectivity index (χ2v) is 5.81. The number of carbonyl (C=O) groups is 2. The van der Waals surface area contributed by atoms with Gasteiger partial charge in [-0.05, 0) is 32.4 Å². The molecule has 1 heterocycles. The molecule has 0 aliphatic carbocycles. The van der Waals surface area contributed by atoms with Crippen LogP contribution in [0.2, 0.25) is 0 Å². The maximum Gasteiger partial charge on any atom is 0.317 e. The Morgan fingerprint density at radius 2 is 2.20 bits per heavy atom. The predicted octanol–water partition coefficient (Wildman–Crippen LogP) is 1.08. The molecule has 0 aromatic rings. The average molecular weight is 285 g/mol. The third-order valence-corrected chi connectivity index (χ3v) is 3.85. The van der Waals surface area contributed by atoms with Gasteiger partial charge < -0.3 is 20.2 Å². The number of rotatable bonds is 7. The Balaban J connectivity index is 2.31. The van der Waals surface area contributed by atoms with Crippen molar-refractivity contribution >= 4 is 12.0 Å². The van der Waals surface area contributed by atoms with Crippen LogP contribution in [0.4, 0.5) is 4.79 Å². The summed E-state index contributed by atoms with van der Waals surface area (Å²) in [5, 5.41) is 11.8. The summed E-state index contributed by atoms with van der Waals surface area (Å²) in [5.74, 6) is -0.816. The van der Waals surface area contributed by atoms with Crippen LogP contribution in [0.5, 0.6) is 0 Å². The molecule has 6 nitrogen and oxygen atoms in total. The minimum atomic E-state index is -0.841. The third kappa shape index (κ3) is 5.36. The molecular weight excluding hydrogens is 258 g/mol. The summed E-state index contributed by atoms with van der Waals surface area (Å²) in [6.45, 7) is 4.97. The van der Waals surface area contributed by atoms with Crippen LogP contribution in [0, 0.1) is 11.8 Å². The Morgan fingerprint density at radius 1 is 1.50 bits per heavy atom. The van der Waals surface area contributed by atoms with Gasteiger partial charge in [-0.1, -0.05) is 13.3 Å². The zero-order chi connectivity index (χ0) is 15.1. The topological polar surface area (TPSA) is 72.9 Å². The maximum atomic E-state index is 12.0. The quantitative estimate of drug-likeness (QED) is 0.734. The van der Waals surface area contributed by atoms with E-state index in [2.05, 4.69) is 17.3 Å². The molecule has 0 radical (unpaired) electrons. The van der Waals surface area contributed by atoms with Crippen molar-refractivity contribution in [1.82, 2.24) is 15.1 Å². The molecule has 0 aromatic heterocycles. The lowest BCUT2D eigenvalue weighted by atomic mass is 10.0. The molecule has 0 aromatic carbocycles. The number of carbonyl (C=O) groups excluding carboxylic acids is 1. The van der Waals surface area contributed by atoms with Gasteiger partial charge in [0.2, 0.25) is 0 Å². The van der Waals surface area contributed by atoms with Gasteiger partial charge in [-0.3, -0.25) is 4.79 Å². The first-order valence-corrected chi connectivity index (χ1v) is 7.34. The first-order chi connectivity index (χ1) is 9.43. The lowest BCUT2D eigenvalue weighted by Gasteiger charge is -2.22. The molecule has 0 spiro atoms. The fraction of sp³-hybridized carbons (Fsp3) is 0.857. The number of aliphatic carboxylic acids is 1. The molecule has 2 N–H and O–H groups in total. The van der Waals surface area contributed by atoms with Crippen LogP contribution in [-0.4, -0.2) is 67.2 Å². The zero-order valence-electron chi connectivity index (χ0n) is 12.8. The summed E-state index contributed by atoms with van der Waals surface area (Å²) in [6.07, 6.45) is 2.51. The van der Waals surface area contributed by atoms with E-state index in [1.807, 2.05) is 6.92 Å². The van der Waals surface area contributed by atoms with Gasteiger partial charge in [0.1, 0.15) is 0 Å². The molecule has 0 bridgehead atoms. The third-order valence-electron chi connectivity index (χ3n) is 3.85. The minimum Gasteiger partial charge on any atom is -0.481 e. The van der Waals surface area contributed by atoms with E-state index in [1.165, 1.54) is 0 Å². The Hall–Kier alpha value is -1.30. The smallest absolute Gasteiger partial charge is 0.317 e. The lowest BCUT2D eigenvalue weighted by molar-refractivity contribution is -0.141. The minimum absolute atomic E-state index is 0.179. The molecule has 2 unspecified atom stereocenters. The van der Waals surface area contributed by atoms with Crippen LogP contribution in [0.1, 0.15) is 26.2 Å². The fourth-order valence-electron chi connectivity index (χ4n) is 2.65. The first kappa shape index (κ1) is 16.8. The number of carboxylic acid groups (broad SMARTS) is 1. The summed E-state index contributed by atoms with van der Waals surface area (Å²) in [5.41, 5.74) is 0. The van der Waals surface area contributed by atoms with Crippen molar-refractivity contribution in [1.29, 1.82) is 0 Å². The second kappa shape index (κ2) is 8.09. The highest BCUT2D eigenvalue weighted by Crippen LogP contribution is 2.15. The monoisotopic (exact) mass is 285 g/mol. The molecular formula is C14H27N3O3. The molecule has 2 atom stereocenters. The van der Waals surface area contributed by atoms with E-state index in [1.54, 1.807) is 11.9 Å². The Morgan fingerprint density at radius 3 is 2.70 bits per heavy atom. The summed E-state index contributed by atoms with van der Waals surface area (Å²) < 4.78 is 0. The Kier molecular flexibility index (Phi) is 6.78. The predicted molar refractivity (Wildman–Crippen MR) is 77.7 cm³/mol. The second-order valence-electron chi connectivity index (χ2n) is 5.81. The SMILES string of the molecule is CCCC(CNC(=O)N(C)CC1CCN(C)C1)C(=O)O. The summed E-state index contributed by atoms with van der Waals surface area (Å²) >= 11 is 0. The summed E-state index contributed by atoms with van der Waals surface area (Å²) in [4.78, 5) is 26.9. The molecule has 2 amide bonds. The molecule has 1 fully saturated rings. The van der Waals surface area contributed by atoms with Gasteiger partial charge in [-0.2, -0.15) is 0 Å². The van der Waals surface area contributed by atoms with Crippen LogP contribution in [0.3, 0.4) is 0 Å². The number of carboxylic acids is 1. The highest BCUT2D eigenvalue weighted by molar-refractivity contribution is 5.75. The number of urea groups is 1. The average Bonchev–Trinajstić information content (AvgIpc) is 2.79. The number of nitrogens with one attached hydrogen (secondary N) is 1. The van der Waals surface area contributed by atoms with Crippen molar-refractivity contribution in [2.75, 3.05) is 40.3 Å². The van der Waals surface area contributed by atoms with E-state index < -0.39 is 11.9 Å². The lowest BCUT2D eigenvalue weighted by Crippen LogP contribution is -2.43. The molecule has 20 heavy (non-hydrogen) atoms. The highest BCUT2D eigenvalue weighted by atomic mass is 16.4. The van der Waals surface area contributed by atoms with Crippen LogP contribution in [-0.2, 0) is 4.79 Å². The van der Waals surface area contributed by atoms with E-state index in [0.717, 1.165) is 32.5 Å². The van der Waals surface area contributed by atoms with Crippen molar-refractivity contribution in [2.24, 2.45) is 11.8 Å². The van der Waals surface area contributed by atoms with Gasteiger partial charge in [0.15, 0.2) is 0 Å². The molecule has 1 saturated heterocycles. The molecule has 0 saturated carbocycles. The van der Waals surface area contributed by atoms with Gasteiger partial charge in [0.25, 0.3) is 0 Å². The van der Waals surface area contributed by atoms with Crippen LogP contribution < -0.4 is 5.32 Å². The van der Waals surface area contributed by atoms with Crippen molar-refractivity contribution in [3.63, 3.8) is 0 Å². The molecule has 1 aliphatic heterocycles. The van der Waals surface area contributed by atoms with Gasteiger partial charge in [-0.15, -0.1) is 0 Å². The molecule has 1 rings (SSSR count). The van der Waals surface area contributed by atoms with Crippen LogP contribution >= 0.6 is 0 Å². The Bertz CT molecular complexity index is 336. The van der Waals surface area contributed by atoms with Crippen molar-refractivity contribution in [3.05, 3.63) is 0 Å². The summed E-state index contributed by atoms with van der Waals surface area (Å²) in [6, 6.07) is -0.179. The van der Waals surface area contributed by atoms with Gasteiger partial charge >= 0.3 is 12.0 Å². The summed E-state index contributed by atoms with van der Waals surface area (Å²) in [7, 11) is 3.85. The standard InChI is InChI=1S/C14H27N3O3/c1-4-5-12(13(18)19)8-15-14(20)17(3)10-11-6-7-16(2)9-11/h11-12H,4-10H2,1-3H3,(H,15,20)(H,18,19). The van der Waals surface area contributed by atoms with E-state index in [4.69, 9.17) is 5.11 Å². The number of nitrogens with zero attached hydrogens (tertiary/aromatic N) is 2. The van der Waals surface area contributed by atoms with Crippen LogP contribution in [0.25, 0.3) is 0 Å².